The normalized spacial score (nSPS) is 18.9. The number of amides is 1. The molecule has 0 bridgehead atoms. The number of rotatable bonds is 6. The lowest BCUT2D eigenvalue weighted by Crippen LogP contribution is -2.47. The second-order valence-corrected chi connectivity index (χ2v) is 10.1. The molecule has 9 nitrogen and oxygen atoms in total. The van der Waals surface area contributed by atoms with E-state index in [0.717, 1.165) is 0 Å². The SMILES string of the molecule is Cc1cccc(C(=O)O)c1S(=O)(=O)N1CCC2(CC1)CC(C(=O)NCC(C)C)=NO2. The molecule has 1 spiro atoms. The van der Waals surface area contributed by atoms with Crippen LogP contribution in [0, 0.1) is 12.8 Å². The van der Waals surface area contributed by atoms with Gasteiger partial charge in [-0.3, -0.25) is 4.79 Å². The Labute approximate surface area is 176 Å². The maximum atomic E-state index is 13.2. The number of nitrogens with one attached hydrogen (secondary N) is 1. The van der Waals surface area contributed by atoms with Gasteiger partial charge in [0.25, 0.3) is 5.91 Å². The van der Waals surface area contributed by atoms with Crippen LogP contribution >= 0.6 is 0 Å². The summed E-state index contributed by atoms with van der Waals surface area (Å²) in [5.41, 5.74) is -0.226. The number of oxime groups is 1. The van der Waals surface area contributed by atoms with E-state index >= 15 is 0 Å². The molecule has 0 atom stereocenters. The number of hydrogen-bond acceptors (Lipinski definition) is 6. The predicted molar refractivity (Wildman–Crippen MR) is 110 cm³/mol. The van der Waals surface area contributed by atoms with Gasteiger partial charge in [-0.1, -0.05) is 31.1 Å². The highest BCUT2D eigenvalue weighted by Crippen LogP contribution is 2.37. The third-order valence-corrected chi connectivity index (χ3v) is 7.55. The van der Waals surface area contributed by atoms with Crippen molar-refractivity contribution in [1.82, 2.24) is 9.62 Å². The summed E-state index contributed by atoms with van der Waals surface area (Å²) >= 11 is 0. The minimum atomic E-state index is -3.98. The summed E-state index contributed by atoms with van der Waals surface area (Å²) in [6, 6.07) is 4.41. The molecule has 2 N–H and O–H groups in total. The van der Waals surface area contributed by atoms with Crippen LogP contribution < -0.4 is 5.32 Å². The number of piperidine rings is 1. The number of aromatic carboxylic acids is 1. The van der Waals surface area contributed by atoms with E-state index in [0.29, 0.717) is 43.0 Å². The van der Waals surface area contributed by atoms with Gasteiger partial charge < -0.3 is 15.3 Å². The van der Waals surface area contributed by atoms with Crippen molar-refractivity contribution in [2.75, 3.05) is 19.6 Å². The highest BCUT2D eigenvalue weighted by molar-refractivity contribution is 7.89. The monoisotopic (exact) mass is 437 g/mol. The predicted octanol–water partition coefficient (Wildman–Crippen LogP) is 1.77. The maximum absolute atomic E-state index is 13.2. The molecule has 2 heterocycles. The Morgan fingerprint density at radius 3 is 2.57 bits per heavy atom. The Kier molecular flexibility index (Phi) is 6.19. The molecule has 164 valence electrons. The number of benzene rings is 1. The summed E-state index contributed by atoms with van der Waals surface area (Å²) in [4.78, 5) is 29.2. The quantitative estimate of drug-likeness (QED) is 0.699. The zero-order valence-corrected chi connectivity index (χ0v) is 18.2. The van der Waals surface area contributed by atoms with Crippen LogP contribution in [0.4, 0.5) is 0 Å². The van der Waals surface area contributed by atoms with Gasteiger partial charge >= 0.3 is 5.97 Å². The second kappa shape index (κ2) is 8.35. The van der Waals surface area contributed by atoms with Crippen LogP contribution in [-0.2, 0) is 19.7 Å². The fourth-order valence-corrected chi connectivity index (χ4v) is 5.57. The number of carbonyl (C=O) groups excluding carboxylic acids is 1. The van der Waals surface area contributed by atoms with Gasteiger partial charge in [0.05, 0.1) is 10.5 Å². The summed E-state index contributed by atoms with van der Waals surface area (Å²) in [6.45, 7) is 6.43. The van der Waals surface area contributed by atoms with Crippen molar-refractivity contribution in [2.24, 2.45) is 11.1 Å². The van der Waals surface area contributed by atoms with Gasteiger partial charge in [-0.2, -0.15) is 4.31 Å². The molecule has 1 saturated heterocycles. The van der Waals surface area contributed by atoms with Crippen LogP contribution in [0.1, 0.15) is 49.0 Å². The van der Waals surface area contributed by atoms with E-state index in [1.165, 1.54) is 16.4 Å². The molecule has 0 aliphatic carbocycles. The van der Waals surface area contributed by atoms with E-state index in [1.807, 2.05) is 13.8 Å². The largest absolute Gasteiger partial charge is 0.478 e. The minimum absolute atomic E-state index is 0.159. The number of carboxylic acids is 1. The molecular formula is C20H27N3O6S. The van der Waals surface area contributed by atoms with Crippen LogP contribution in [0.25, 0.3) is 0 Å². The van der Waals surface area contributed by atoms with E-state index in [1.54, 1.807) is 13.0 Å². The first-order valence-electron chi connectivity index (χ1n) is 9.92. The number of nitrogens with zero attached hydrogens (tertiary/aromatic N) is 2. The number of sulfonamides is 1. The van der Waals surface area contributed by atoms with Crippen LogP contribution in [0.3, 0.4) is 0 Å². The van der Waals surface area contributed by atoms with Crippen molar-refractivity contribution in [3.05, 3.63) is 29.3 Å². The maximum Gasteiger partial charge on any atom is 0.337 e. The third kappa shape index (κ3) is 4.34. The van der Waals surface area contributed by atoms with E-state index in [4.69, 9.17) is 4.84 Å². The Morgan fingerprint density at radius 1 is 1.30 bits per heavy atom. The molecule has 1 amide bonds. The molecule has 1 fully saturated rings. The van der Waals surface area contributed by atoms with Gasteiger partial charge in [0.15, 0.2) is 0 Å². The van der Waals surface area contributed by atoms with Crippen molar-refractivity contribution >= 4 is 27.6 Å². The Hall–Kier alpha value is -2.46. The zero-order valence-electron chi connectivity index (χ0n) is 17.3. The average Bonchev–Trinajstić information content (AvgIpc) is 3.09. The molecule has 1 aromatic carbocycles. The Balaban J connectivity index is 1.70. The summed E-state index contributed by atoms with van der Waals surface area (Å²) in [5.74, 6) is -1.23. The van der Waals surface area contributed by atoms with Crippen LogP contribution in [0.5, 0.6) is 0 Å². The second-order valence-electron chi connectivity index (χ2n) is 8.25. The van der Waals surface area contributed by atoms with Gasteiger partial charge in [-0.25, -0.2) is 13.2 Å². The molecule has 10 heteroatoms. The Morgan fingerprint density at radius 2 is 1.97 bits per heavy atom. The smallest absolute Gasteiger partial charge is 0.337 e. The van der Waals surface area contributed by atoms with Crippen LogP contribution in [0.2, 0.25) is 0 Å². The summed E-state index contributed by atoms with van der Waals surface area (Å²) in [5, 5.41) is 16.2. The van der Waals surface area contributed by atoms with Crippen LogP contribution in [0.15, 0.2) is 28.3 Å². The van der Waals surface area contributed by atoms with Gasteiger partial charge in [0.2, 0.25) is 10.0 Å². The fourth-order valence-electron chi connectivity index (χ4n) is 3.74. The van der Waals surface area contributed by atoms with Gasteiger partial charge in [0, 0.05) is 38.9 Å². The number of hydrogen-bond donors (Lipinski definition) is 2. The summed E-state index contributed by atoms with van der Waals surface area (Å²) in [7, 11) is -3.98. The standard InChI is InChI=1S/C20H27N3O6S/c1-13(2)12-21-18(24)16-11-20(29-22-16)7-9-23(10-8-20)30(27,28)17-14(3)5-4-6-15(17)19(25)26/h4-6,13H,7-12H2,1-3H3,(H,21,24)(H,25,26). The van der Waals surface area contributed by atoms with E-state index in [9.17, 15) is 23.1 Å². The molecule has 2 aliphatic rings. The lowest BCUT2D eigenvalue weighted by molar-refractivity contribution is -0.115. The molecule has 0 radical (unpaired) electrons. The lowest BCUT2D eigenvalue weighted by Gasteiger charge is -2.36. The topological polar surface area (TPSA) is 125 Å². The van der Waals surface area contributed by atoms with Crippen molar-refractivity contribution in [2.45, 2.75) is 50.5 Å². The first kappa shape index (κ1) is 22.2. The van der Waals surface area contributed by atoms with Crippen molar-refractivity contribution in [3.63, 3.8) is 0 Å². The first-order chi connectivity index (χ1) is 14.1. The minimum Gasteiger partial charge on any atom is -0.478 e. The fraction of sp³-hybridized carbons (Fsp3) is 0.550. The van der Waals surface area contributed by atoms with Crippen LogP contribution in [-0.4, -0.2) is 60.7 Å². The highest BCUT2D eigenvalue weighted by atomic mass is 32.2. The van der Waals surface area contributed by atoms with Gasteiger partial charge in [-0.15, -0.1) is 0 Å². The molecule has 0 unspecified atom stereocenters. The first-order valence-corrected chi connectivity index (χ1v) is 11.4. The van der Waals surface area contributed by atoms with Crippen molar-refractivity contribution in [3.8, 4) is 0 Å². The van der Waals surface area contributed by atoms with E-state index in [-0.39, 0.29) is 29.5 Å². The molecule has 3 rings (SSSR count). The summed E-state index contributed by atoms with van der Waals surface area (Å²) < 4.78 is 27.7. The highest BCUT2D eigenvalue weighted by Gasteiger charge is 2.46. The van der Waals surface area contributed by atoms with Crippen molar-refractivity contribution in [1.29, 1.82) is 0 Å². The zero-order chi connectivity index (χ0) is 22.1. The molecule has 2 aliphatic heterocycles. The molecule has 0 aromatic heterocycles. The van der Waals surface area contributed by atoms with Gasteiger partial charge in [0.1, 0.15) is 11.3 Å². The van der Waals surface area contributed by atoms with Crippen molar-refractivity contribution < 1.29 is 28.0 Å². The summed E-state index contributed by atoms with van der Waals surface area (Å²) in [6.07, 6.45) is 1.06. The van der Waals surface area contributed by atoms with Gasteiger partial charge in [-0.05, 0) is 24.5 Å². The number of carbonyl (C=O) groups is 2. The molecule has 30 heavy (non-hydrogen) atoms. The lowest BCUT2D eigenvalue weighted by atomic mass is 9.87. The Bertz CT molecular complexity index is 978. The number of aryl methyl sites for hydroxylation is 1. The van der Waals surface area contributed by atoms with E-state index < -0.39 is 21.6 Å². The average molecular weight is 438 g/mol. The third-order valence-electron chi connectivity index (χ3n) is 5.45. The molecule has 0 saturated carbocycles. The molecular weight excluding hydrogens is 410 g/mol. The number of carboxylic acid groups (broad SMARTS) is 1. The molecule has 1 aromatic rings. The van der Waals surface area contributed by atoms with E-state index in [2.05, 4.69) is 10.5 Å².